The number of carbonyl (C=O) groups is 1. The first-order valence-electron chi connectivity index (χ1n) is 5.42. The minimum atomic E-state index is -0.245. The number of nitrogens with zero attached hydrogens (tertiary/aromatic N) is 2. The summed E-state index contributed by atoms with van der Waals surface area (Å²) in [7, 11) is 1.80. The maximum absolute atomic E-state index is 11.6. The van der Waals surface area contributed by atoms with E-state index in [9.17, 15) is 4.79 Å². The normalized spacial score (nSPS) is 11.4. The fourth-order valence-corrected chi connectivity index (χ4v) is 1.42. The molecule has 18 heavy (non-hydrogen) atoms. The number of hydrazone groups is 1. The Kier molecular flexibility index (Phi) is 3.76. The van der Waals surface area contributed by atoms with E-state index in [0.717, 1.165) is 5.76 Å². The third kappa shape index (κ3) is 2.98. The molecule has 2 heterocycles. The van der Waals surface area contributed by atoms with E-state index in [0.29, 0.717) is 5.69 Å². The Morgan fingerprint density at radius 2 is 2.33 bits per heavy atom. The zero-order valence-corrected chi connectivity index (χ0v) is 9.91. The van der Waals surface area contributed by atoms with Crippen molar-refractivity contribution in [3.63, 3.8) is 0 Å². The standard InChI is InChI=1S/C13H13N3O2/c1-16-9-3-7-12(16)13(17)15-14-8-2-5-11-6-4-10-18-11/h2-10H,1H3,(H,15,17). The van der Waals surface area contributed by atoms with Gasteiger partial charge in [-0.2, -0.15) is 5.10 Å². The molecule has 0 saturated carbocycles. The average molecular weight is 243 g/mol. The first-order chi connectivity index (χ1) is 8.77. The summed E-state index contributed by atoms with van der Waals surface area (Å²) in [4.78, 5) is 11.6. The van der Waals surface area contributed by atoms with Crippen LogP contribution in [0.3, 0.4) is 0 Å². The van der Waals surface area contributed by atoms with Crippen LogP contribution >= 0.6 is 0 Å². The predicted molar refractivity (Wildman–Crippen MR) is 69.1 cm³/mol. The van der Waals surface area contributed by atoms with Crippen LogP contribution in [0.4, 0.5) is 0 Å². The number of hydrogen-bond acceptors (Lipinski definition) is 3. The van der Waals surface area contributed by atoms with Gasteiger partial charge in [-0.1, -0.05) is 0 Å². The number of aromatic nitrogens is 1. The van der Waals surface area contributed by atoms with Crippen LogP contribution in [0.25, 0.3) is 6.08 Å². The molecule has 0 bridgehead atoms. The van der Waals surface area contributed by atoms with Crippen molar-refractivity contribution in [3.05, 3.63) is 54.3 Å². The van der Waals surface area contributed by atoms with Crippen LogP contribution in [-0.2, 0) is 7.05 Å². The number of amides is 1. The number of aryl methyl sites for hydroxylation is 1. The van der Waals surface area contributed by atoms with E-state index >= 15 is 0 Å². The van der Waals surface area contributed by atoms with Crippen molar-refractivity contribution in [1.82, 2.24) is 9.99 Å². The fraction of sp³-hybridized carbons (Fsp3) is 0.0769. The summed E-state index contributed by atoms with van der Waals surface area (Å²) in [5.41, 5.74) is 2.99. The average Bonchev–Trinajstić information content (AvgIpc) is 2.99. The molecular formula is C13H13N3O2. The smallest absolute Gasteiger partial charge is 0.287 e. The highest BCUT2D eigenvalue weighted by atomic mass is 16.3. The molecule has 0 aliphatic heterocycles. The Balaban J connectivity index is 1.85. The van der Waals surface area contributed by atoms with Crippen molar-refractivity contribution in [2.75, 3.05) is 0 Å². The van der Waals surface area contributed by atoms with Crippen LogP contribution in [0.2, 0.25) is 0 Å². The summed E-state index contributed by atoms with van der Waals surface area (Å²) in [5, 5.41) is 3.80. The number of carbonyl (C=O) groups excluding carboxylic acids is 1. The van der Waals surface area contributed by atoms with Crippen LogP contribution in [0.15, 0.2) is 52.3 Å². The molecule has 0 aliphatic rings. The molecule has 5 heteroatoms. The molecular weight excluding hydrogens is 230 g/mol. The Bertz CT molecular complexity index is 565. The maximum atomic E-state index is 11.6. The van der Waals surface area contributed by atoms with Gasteiger partial charge in [-0.05, 0) is 36.4 Å². The molecule has 0 fully saturated rings. The molecule has 0 aliphatic carbocycles. The van der Waals surface area contributed by atoms with Gasteiger partial charge in [0.2, 0.25) is 0 Å². The summed E-state index contributed by atoms with van der Waals surface area (Å²) in [6, 6.07) is 7.15. The predicted octanol–water partition coefficient (Wildman–Crippen LogP) is 2.05. The van der Waals surface area contributed by atoms with Gasteiger partial charge in [0.05, 0.1) is 6.26 Å². The fourth-order valence-electron chi connectivity index (χ4n) is 1.42. The Labute approximate surface area is 104 Å². The van der Waals surface area contributed by atoms with Crippen molar-refractivity contribution in [1.29, 1.82) is 0 Å². The summed E-state index contributed by atoms with van der Waals surface area (Å²) < 4.78 is 6.82. The molecule has 5 nitrogen and oxygen atoms in total. The van der Waals surface area contributed by atoms with Gasteiger partial charge in [-0.25, -0.2) is 5.43 Å². The first-order valence-corrected chi connectivity index (χ1v) is 5.42. The van der Waals surface area contributed by atoms with Crippen molar-refractivity contribution in [2.24, 2.45) is 12.1 Å². The molecule has 2 rings (SSSR count). The Morgan fingerprint density at radius 1 is 1.44 bits per heavy atom. The molecule has 0 spiro atoms. The highest BCUT2D eigenvalue weighted by Crippen LogP contribution is 2.01. The lowest BCUT2D eigenvalue weighted by molar-refractivity contribution is 0.0947. The van der Waals surface area contributed by atoms with Gasteiger partial charge >= 0.3 is 0 Å². The molecule has 92 valence electrons. The van der Waals surface area contributed by atoms with Gasteiger partial charge in [-0.15, -0.1) is 0 Å². The van der Waals surface area contributed by atoms with E-state index in [-0.39, 0.29) is 5.91 Å². The lowest BCUT2D eigenvalue weighted by atomic mass is 10.4. The largest absolute Gasteiger partial charge is 0.465 e. The summed E-state index contributed by atoms with van der Waals surface area (Å²) in [6.45, 7) is 0. The van der Waals surface area contributed by atoms with Crippen molar-refractivity contribution < 1.29 is 9.21 Å². The SMILES string of the molecule is Cn1cccc1C(=O)NN=CC=Cc1ccco1. The van der Waals surface area contributed by atoms with Crippen LogP contribution in [0.1, 0.15) is 16.2 Å². The third-order valence-corrected chi connectivity index (χ3v) is 2.31. The molecule has 1 amide bonds. The third-order valence-electron chi connectivity index (χ3n) is 2.31. The second-order valence-electron chi connectivity index (χ2n) is 3.60. The lowest BCUT2D eigenvalue weighted by Crippen LogP contribution is -2.19. The molecule has 2 aromatic heterocycles. The van der Waals surface area contributed by atoms with E-state index in [1.165, 1.54) is 6.21 Å². The molecule has 0 aromatic carbocycles. The van der Waals surface area contributed by atoms with E-state index in [1.54, 1.807) is 54.4 Å². The van der Waals surface area contributed by atoms with Crippen molar-refractivity contribution in [3.8, 4) is 0 Å². The number of furan rings is 1. The summed E-state index contributed by atoms with van der Waals surface area (Å²) in [6.07, 6.45) is 8.31. The van der Waals surface area contributed by atoms with E-state index in [2.05, 4.69) is 10.5 Å². The van der Waals surface area contributed by atoms with Gasteiger partial charge < -0.3 is 8.98 Å². The van der Waals surface area contributed by atoms with Crippen LogP contribution in [0, 0.1) is 0 Å². The molecule has 0 saturated heterocycles. The van der Waals surface area contributed by atoms with Gasteiger partial charge in [0.25, 0.3) is 5.91 Å². The molecule has 0 unspecified atom stereocenters. The Morgan fingerprint density at radius 3 is 3.00 bits per heavy atom. The topological polar surface area (TPSA) is 59.5 Å². The monoisotopic (exact) mass is 243 g/mol. The van der Waals surface area contributed by atoms with Crippen molar-refractivity contribution in [2.45, 2.75) is 0 Å². The number of nitrogens with one attached hydrogen (secondary N) is 1. The van der Waals surface area contributed by atoms with Crippen molar-refractivity contribution >= 4 is 18.2 Å². The zero-order chi connectivity index (χ0) is 12.8. The van der Waals surface area contributed by atoms with Gasteiger partial charge in [0.15, 0.2) is 0 Å². The van der Waals surface area contributed by atoms with Gasteiger partial charge in [0.1, 0.15) is 11.5 Å². The summed E-state index contributed by atoms with van der Waals surface area (Å²) in [5.74, 6) is 0.486. The molecule has 0 radical (unpaired) electrons. The zero-order valence-electron chi connectivity index (χ0n) is 9.91. The van der Waals surface area contributed by atoms with E-state index in [4.69, 9.17) is 4.42 Å². The molecule has 0 atom stereocenters. The van der Waals surface area contributed by atoms with E-state index < -0.39 is 0 Å². The number of allylic oxidation sites excluding steroid dienone is 1. The minimum absolute atomic E-state index is 0.245. The van der Waals surface area contributed by atoms with Crippen LogP contribution < -0.4 is 5.43 Å². The van der Waals surface area contributed by atoms with Gasteiger partial charge in [-0.3, -0.25) is 4.79 Å². The van der Waals surface area contributed by atoms with E-state index in [1.807, 2.05) is 6.07 Å². The maximum Gasteiger partial charge on any atom is 0.287 e. The second kappa shape index (κ2) is 5.67. The quantitative estimate of drug-likeness (QED) is 0.660. The number of hydrogen-bond donors (Lipinski definition) is 1. The highest BCUT2D eigenvalue weighted by molar-refractivity contribution is 5.93. The first kappa shape index (κ1) is 11.9. The minimum Gasteiger partial charge on any atom is -0.465 e. The Hall–Kier alpha value is -2.56. The molecule has 2 aromatic rings. The lowest BCUT2D eigenvalue weighted by Gasteiger charge is -1.99. The highest BCUT2D eigenvalue weighted by Gasteiger charge is 2.06. The second-order valence-corrected chi connectivity index (χ2v) is 3.60. The van der Waals surface area contributed by atoms with Crippen LogP contribution in [0.5, 0.6) is 0 Å². The van der Waals surface area contributed by atoms with Gasteiger partial charge in [0, 0.05) is 19.5 Å². The molecule has 1 N–H and O–H groups in total. The number of rotatable bonds is 4. The van der Waals surface area contributed by atoms with Crippen LogP contribution in [-0.4, -0.2) is 16.7 Å². The summed E-state index contributed by atoms with van der Waals surface area (Å²) >= 11 is 0.